The van der Waals surface area contributed by atoms with Crippen LogP contribution in [0.3, 0.4) is 0 Å². The van der Waals surface area contributed by atoms with Gasteiger partial charge in [0.1, 0.15) is 18.2 Å². The van der Waals surface area contributed by atoms with Crippen LogP contribution < -0.4 is 4.74 Å². The smallest absolute Gasteiger partial charge is 0.242 e. The molecule has 0 radical (unpaired) electrons. The van der Waals surface area contributed by atoms with Crippen LogP contribution in [0.15, 0.2) is 57.9 Å². The Morgan fingerprint density at radius 3 is 2.27 bits per heavy atom. The van der Waals surface area contributed by atoms with Crippen molar-refractivity contribution in [2.75, 3.05) is 20.2 Å². The van der Waals surface area contributed by atoms with Crippen molar-refractivity contribution in [1.82, 2.24) is 4.31 Å². The molecule has 2 rings (SSSR count). The summed E-state index contributed by atoms with van der Waals surface area (Å²) < 4.78 is 45.0. The molecule has 118 valence electrons. The SMILES string of the molecule is CN(CCOc1ccc(Br)cc1)S(=O)(=O)c1ccc(F)cc1. The van der Waals surface area contributed by atoms with Gasteiger partial charge in [-0.3, -0.25) is 0 Å². The molecule has 2 aromatic carbocycles. The summed E-state index contributed by atoms with van der Waals surface area (Å²) in [5, 5.41) is 0. The molecule has 0 unspecified atom stereocenters. The molecule has 0 atom stereocenters. The van der Waals surface area contributed by atoms with Gasteiger partial charge in [-0.15, -0.1) is 0 Å². The Hall–Kier alpha value is -1.44. The van der Waals surface area contributed by atoms with E-state index in [-0.39, 0.29) is 18.0 Å². The van der Waals surface area contributed by atoms with Crippen LogP contribution in [0.4, 0.5) is 4.39 Å². The van der Waals surface area contributed by atoms with E-state index < -0.39 is 15.8 Å². The zero-order chi connectivity index (χ0) is 16.2. The molecule has 0 aliphatic heterocycles. The van der Waals surface area contributed by atoms with E-state index >= 15 is 0 Å². The third-order valence-corrected chi connectivity index (χ3v) is 5.41. The van der Waals surface area contributed by atoms with Crippen LogP contribution in [0.1, 0.15) is 0 Å². The molecule has 0 saturated heterocycles. The molecule has 0 saturated carbocycles. The summed E-state index contributed by atoms with van der Waals surface area (Å²) >= 11 is 3.32. The van der Waals surface area contributed by atoms with Crippen molar-refractivity contribution in [3.05, 3.63) is 58.8 Å². The molecule has 0 amide bonds. The third kappa shape index (κ3) is 4.28. The number of rotatable bonds is 6. The Labute approximate surface area is 137 Å². The first-order chi connectivity index (χ1) is 10.4. The maximum Gasteiger partial charge on any atom is 0.242 e. The number of nitrogens with zero attached hydrogens (tertiary/aromatic N) is 1. The van der Waals surface area contributed by atoms with Crippen LogP contribution >= 0.6 is 15.9 Å². The lowest BCUT2D eigenvalue weighted by Crippen LogP contribution is -2.31. The van der Waals surface area contributed by atoms with E-state index in [1.807, 2.05) is 12.1 Å². The molecule has 0 N–H and O–H groups in total. The van der Waals surface area contributed by atoms with E-state index in [1.165, 1.54) is 23.5 Å². The molecule has 0 bridgehead atoms. The average Bonchev–Trinajstić information content (AvgIpc) is 2.49. The Kier molecular flexibility index (Phi) is 5.55. The summed E-state index contributed by atoms with van der Waals surface area (Å²) in [6, 6.07) is 12.0. The van der Waals surface area contributed by atoms with Gasteiger partial charge in [-0.25, -0.2) is 12.8 Å². The van der Waals surface area contributed by atoms with Gasteiger partial charge >= 0.3 is 0 Å². The van der Waals surface area contributed by atoms with Crippen LogP contribution in [0.5, 0.6) is 5.75 Å². The third-order valence-electron chi connectivity index (χ3n) is 3.01. The van der Waals surface area contributed by atoms with Crippen molar-refractivity contribution in [3.8, 4) is 5.75 Å². The number of halogens is 2. The molecule has 0 aliphatic carbocycles. The van der Waals surface area contributed by atoms with Crippen molar-refractivity contribution in [2.24, 2.45) is 0 Å². The maximum atomic E-state index is 12.9. The molecule has 0 aromatic heterocycles. The van der Waals surface area contributed by atoms with Crippen LogP contribution in [-0.4, -0.2) is 32.9 Å². The second-order valence-electron chi connectivity index (χ2n) is 4.58. The zero-order valence-electron chi connectivity index (χ0n) is 11.9. The highest BCUT2D eigenvalue weighted by Gasteiger charge is 2.20. The maximum absolute atomic E-state index is 12.9. The normalized spacial score (nSPS) is 11.6. The first kappa shape index (κ1) is 16.9. The Morgan fingerprint density at radius 1 is 1.09 bits per heavy atom. The van der Waals surface area contributed by atoms with Crippen LogP contribution in [-0.2, 0) is 10.0 Å². The lowest BCUT2D eigenvalue weighted by Gasteiger charge is -2.17. The number of likely N-dealkylation sites (N-methyl/N-ethyl adjacent to an activating group) is 1. The van der Waals surface area contributed by atoms with Gasteiger partial charge in [0.2, 0.25) is 10.0 Å². The van der Waals surface area contributed by atoms with Gasteiger partial charge in [-0.2, -0.15) is 4.31 Å². The van der Waals surface area contributed by atoms with E-state index in [0.717, 1.165) is 16.6 Å². The van der Waals surface area contributed by atoms with E-state index in [1.54, 1.807) is 12.1 Å². The Bertz CT molecular complexity index is 717. The van der Waals surface area contributed by atoms with Gasteiger partial charge < -0.3 is 4.74 Å². The van der Waals surface area contributed by atoms with E-state index in [9.17, 15) is 12.8 Å². The van der Waals surface area contributed by atoms with Gasteiger partial charge in [0.25, 0.3) is 0 Å². The lowest BCUT2D eigenvalue weighted by atomic mass is 10.3. The van der Waals surface area contributed by atoms with Crippen molar-refractivity contribution in [3.63, 3.8) is 0 Å². The van der Waals surface area contributed by atoms with Crippen LogP contribution in [0, 0.1) is 5.82 Å². The lowest BCUT2D eigenvalue weighted by molar-refractivity contribution is 0.287. The molecule has 2 aromatic rings. The highest BCUT2D eigenvalue weighted by molar-refractivity contribution is 9.10. The standard InChI is InChI=1S/C15H15BrFNO3S/c1-18(10-11-21-14-6-2-12(16)3-7-14)22(19,20)15-8-4-13(17)5-9-15/h2-9H,10-11H2,1H3. The predicted octanol–water partition coefficient (Wildman–Crippen LogP) is 3.29. The van der Waals surface area contributed by atoms with Gasteiger partial charge in [0.15, 0.2) is 0 Å². The van der Waals surface area contributed by atoms with E-state index in [4.69, 9.17) is 4.74 Å². The summed E-state index contributed by atoms with van der Waals surface area (Å²) in [5.74, 6) is 0.191. The summed E-state index contributed by atoms with van der Waals surface area (Å²) in [6.07, 6.45) is 0. The highest BCUT2D eigenvalue weighted by Crippen LogP contribution is 2.17. The number of sulfonamides is 1. The van der Waals surface area contributed by atoms with Crippen molar-refractivity contribution >= 4 is 26.0 Å². The fourth-order valence-electron chi connectivity index (χ4n) is 1.73. The minimum absolute atomic E-state index is 0.0556. The quantitative estimate of drug-likeness (QED) is 0.763. The van der Waals surface area contributed by atoms with E-state index in [2.05, 4.69) is 15.9 Å². The topological polar surface area (TPSA) is 46.6 Å². The zero-order valence-corrected chi connectivity index (χ0v) is 14.3. The van der Waals surface area contributed by atoms with Gasteiger partial charge in [0.05, 0.1) is 4.90 Å². The molecule has 0 aliphatic rings. The summed E-state index contributed by atoms with van der Waals surface area (Å²) in [5.41, 5.74) is 0. The van der Waals surface area contributed by atoms with Crippen molar-refractivity contribution in [1.29, 1.82) is 0 Å². The van der Waals surface area contributed by atoms with Crippen LogP contribution in [0.25, 0.3) is 0 Å². The first-order valence-electron chi connectivity index (χ1n) is 6.50. The predicted molar refractivity (Wildman–Crippen MR) is 85.9 cm³/mol. The van der Waals surface area contributed by atoms with Gasteiger partial charge in [0, 0.05) is 18.1 Å². The summed E-state index contributed by atoms with van der Waals surface area (Å²) in [7, 11) is -2.18. The second-order valence-corrected chi connectivity index (χ2v) is 7.54. The molecule has 7 heteroatoms. The average molecular weight is 388 g/mol. The second kappa shape index (κ2) is 7.21. The molecule has 0 heterocycles. The van der Waals surface area contributed by atoms with E-state index in [0.29, 0.717) is 5.75 Å². The Morgan fingerprint density at radius 2 is 1.68 bits per heavy atom. The highest BCUT2D eigenvalue weighted by atomic mass is 79.9. The number of benzene rings is 2. The number of hydrogen-bond acceptors (Lipinski definition) is 3. The van der Waals surface area contributed by atoms with Crippen molar-refractivity contribution in [2.45, 2.75) is 4.90 Å². The monoisotopic (exact) mass is 387 g/mol. The summed E-state index contributed by atoms with van der Waals surface area (Å²) in [4.78, 5) is 0.0556. The molecular weight excluding hydrogens is 373 g/mol. The van der Waals surface area contributed by atoms with Crippen LogP contribution in [0.2, 0.25) is 0 Å². The van der Waals surface area contributed by atoms with Gasteiger partial charge in [-0.1, -0.05) is 15.9 Å². The number of ether oxygens (including phenoxy) is 1. The number of hydrogen-bond donors (Lipinski definition) is 0. The summed E-state index contributed by atoms with van der Waals surface area (Å²) in [6.45, 7) is 0.411. The molecule has 22 heavy (non-hydrogen) atoms. The molecule has 0 spiro atoms. The first-order valence-corrected chi connectivity index (χ1v) is 8.73. The minimum Gasteiger partial charge on any atom is -0.492 e. The fraction of sp³-hybridized carbons (Fsp3) is 0.200. The largest absolute Gasteiger partial charge is 0.492 e. The minimum atomic E-state index is -3.64. The van der Waals surface area contributed by atoms with Gasteiger partial charge in [-0.05, 0) is 48.5 Å². The molecule has 0 fully saturated rings. The Balaban J connectivity index is 1.94. The van der Waals surface area contributed by atoms with Crippen molar-refractivity contribution < 1.29 is 17.5 Å². The molecule has 4 nitrogen and oxygen atoms in total. The molecular formula is C15H15BrFNO3S. The fourth-order valence-corrected chi connectivity index (χ4v) is 3.15.